The first kappa shape index (κ1) is 13.9. The monoisotopic (exact) mass is 294 g/mol. The summed E-state index contributed by atoms with van der Waals surface area (Å²) in [6, 6.07) is 8.97. The van der Waals surface area contributed by atoms with Crippen LogP contribution in [0.1, 0.15) is 27.0 Å². The van der Waals surface area contributed by atoms with Crippen molar-refractivity contribution >= 4 is 34.5 Å². The van der Waals surface area contributed by atoms with Crippen molar-refractivity contribution < 1.29 is 4.79 Å². The average molecular weight is 295 g/mol. The standard InChI is InChI=1S/C14H15ClN2OS/c1-2-12-3-4-13(19-12)8-17-14(18)9-5-10(15)7-11(16)6-9/h3-7H,2,8,16H2,1H3,(H,17,18). The maximum atomic E-state index is 12.0. The van der Waals surface area contributed by atoms with Crippen LogP contribution in [0.2, 0.25) is 5.02 Å². The second-order valence-corrected chi connectivity index (χ2v) is 5.87. The number of benzene rings is 1. The number of hydrogen-bond acceptors (Lipinski definition) is 3. The van der Waals surface area contributed by atoms with Gasteiger partial charge in [-0.25, -0.2) is 0 Å². The molecule has 1 amide bonds. The van der Waals surface area contributed by atoms with Crippen LogP contribution in [0.5, 0.6) is 0 Å². The molecule has 1 aromatic carbocycles. The number of carbonyl (C=O) groups excluding carboxylic acids is 1. The van der Waals surface area contributed by atoms with Gasteiger partial charge in [0.25, 0.3) is 5.91 Å². The zero-order chi connectivity index (χ0) is 13.8. The highest BCUT2D eigenvalue weighted by Gasteiger charge is 2.08. The molecule has 3 N–H and O–H groups in total. The Morgan fingerprint density at radius 2 is 2.05 bits per heavy atom. The van der Waals surface area contributed by atoms with Gasteiger partial charge in [-0.3, -0.25) is 4.79 Å². The molecule has 2 rings (SSSR count). The summed E-state index contributed by atoms with van der Waals surface area (Å²) in [6.07, 6.45) is 1.02. The second-order valence-electron chi connectivity index (χ2n) is 4.18. The van der Waals surface area contributed by atoms with Crippen LogP contribution in [0.15, 0.2) is 30.3 Å². The first-order valence-electron chi connectivity index (χ1n) is 6.00. The van der Waals surface area contributed by atoms with E-state index in [0.29, 0.717) is 22.8 Å². The molecular formula is C14H15ClN2OS. The Balaban J connectivity index is 2.00. The number of thiophene rings is 1. The van der Waals surface area contributed by atoms with Gasteiger partial charge in [0.05, 0.1) is 6.54 Å². The Kier molecular flexibility index (Phi) is 4.45. The van der Waals surface area contributed by atoms with Crippen LogP contribution in [0.3, 0.4) is 0 Å². The fraction of sp³-hybridized carbons (Fsp3) is 0.214. The third kappa shape index (κ3) is 3.72. The summed E-state index contributed by atoms with van der Waals surface area (Å²) < 4.78 is 0. The van der Waals surface area contributed by atoms with Gasteiger partial charge >= 0.3 is 0 Å². The highest BCUT2D eigenvalue weighted by Crippen LogP contribution is 2.18. The highest BCUT2D eigenvalue weighted by molar-refractivity contribution is 7.11. The number of halogens is 1. The summed E-state index contributed by atoms with van der Waals surface area (Å²) in [5.74, 6) is -0.166. The van der Waals surface area contributed by atoms with E-state index in [0.717, 1.165) is 11.3 Å². The average Bonchev–Trinajstić information content (AvgIpc) is 2.82. The van der Waals surface area contributed by atoms with Gasteiger partial charge in [-0.1, -0.05) is 18.5 Å². The molecule has 2 aromatic rings. The van der Waals surface area contributed by atoms with Crippen LogP contribution in [0.4, 0.5) is 5.69 Å². The van der Waals surface area contributed by atoms with Crippen molar-refractivity contribution in [3.63, 3.8) is 0 Å². The van der Waals surface area contributed by atoms with Gasteiger partial charge < -0.3 is 11.1 Å². The summed E-state index contributed by atoms with van der Waals surface area (Å²) in [4.78, 5) is 14.4. The largest absolute Gasteiger partial charge is 0.399 e. The van der Waals surface area contributed by atoms with Gasteiger partial charge in [0.1, 0.15) is 0 Å². The third-order valence-electron chi connectivity index (χ3n) is 2.67. The Bertz CT molecular complexity index is 575. The minimum Gasteiger partial charge on any atom is -0.399 e. The molecule has 0 bridgehead atoms. The van der Waals surface area contributed by atoms with E-state index >= 15 is 0 Å². The molecule has 5 heteroatoms. The van der Waals surface area contributed by atoms with Crippen molar-refractivity contribution in [2.24, 2.45) is 0 Å². The summed E-state index contributed by atoms with van der Waals surface area (Å²) in [5.41, 5.74) is 6.64. The minimum absolute atomic E-state index is 0.166. The number of carbonyl (C=O) groups is 1. The first-order valence-corrected chi connectivity index (χ1v) is 7.19. The SMILES string of the molecule is CCc1ccc(CNC(=O)c2cc(N)cc(Cl)c2)s1. The molecule has 0 saturated carbocycles. The van der Waals surface area contributed by atoms with Gasteiger partial charge in [-0.2, -0.15) is 0 Å². The molecule has 0 spiro atoms. The Labute approximate surface area is 121 Å². The smallest absolute Gasteiger partial charge is 0.251 e. The fourth-order valence-electron chi connectivity index (χ4n) is 1.72. The quantitative estimate of drug-likeness (QED) is 0.848. The van der Waals surface area contributed by atoms with Crippen LogP contribution < -0.4 is 11.1 Å². The van der Waals surface area contributed by atoms with Crippen molar-refractivity contribution in [1.29, 1.82) is 0 Å². The highest BCUT2D eigenvalue weighted by atomic mass is 35.5. The van der Waals surface area contributed by atoms with Crippen molar-refractivity contribution in [2.45, 2.75) is 19.9 Å². The zero-order valence-corrected chi connectivity index (χ0v) is 12.1. The van der Waals surface area contributed by atoms with Gasteiger partial charge in [-0.05, 0) is 36.8 Å². The summed E-state index contributed by atoms with van der Waals surface area (Å²) in [7, 11) is 0. The van der Waals surface area contributed by atoms with E-state index in [-0.39, 0.29) is 5.91 Å². The molecule has 3 nitrogen and oxygen atoms in total. The van der Waals surface area contributed by atoms with Gasteiger partial charge in [0.2, 0.25) is 0 Å². The predicted octanol–water partition coefficient (Wildman–Crippen LogP) is 3.48. The van der Waals surface area contributed by atoms with Crippen LogP contribution in [-0.4, -0.2) is 5.91 Å². The van der Waals surface area contributed by atoms with Crippen molar-refractivity contribution in [2.75, 3.05) is 5.73 Å². The maximum Gasteiger partial charge on any atom is 0.251 e. The number of nitrogens with two attached hydrogens (primary N) is 1. The molecule has 0 aliphatic rings. The first-order chi connectivity index (χ1) is 9.08. The lowest BCUT2D eigenvalue weighted by atomic mass is 10.2. The van der Waals surface area contributed by atoms with Gasteiger partial charge in [0.15, 0.2) is 0 Å². The molecule has 0 fully saturated rings. The van der Waals surface area contributed by atoms with Crippen molar-refractivity contribution in [1.82, 2.24) is 5.32 Å². The molecule has 0 saturated heterocycles. The third-order valence-corrected chi connectivity index (χ3v) is 4.12. The van der Waals surface area contributed by atoms with E-state index in [1.165, 1.54) is 4.88 Å². The van der Waals surface area contributed by atoms with Crippen LogP contribution in [0.25, 0.3) is 0 Å². The van der Waals surface area contributed by atoms with Crippen LogP contribution in [-0.2, 0) is 13.0 Å². The molecule has 0 unspecified atom stereocenters. The molecule has 0 atom stereocenters. The van der Waals surface area contributed by atoms with Gasteiger partial charge in [-0.15, -0.1) is 11.3 Å². The minimum atomic E-state index is -0.166. The Morgan fingerprint density at radius 1 is 1.32 bits per heavy atom. The van der Waals surface area contributed by atoms with E-state index < -0.39 is 0 Å². The summed E-state index contributed by atoms with van der Waals surface area (Å²) in [5, 5.41) is 3.33. The lowest BCUT2D eigenvalue weighted by molar-refractivity contribution is 0.0951. The number of rotatable bonds is 4. The molecular weight excluding hydrogens is 280 g/mol. The number of amides is 1. The molecule has 100 valence electrons. The Hall–Kier alpha value is -1.52. The maximum absolute atomic E-state index is 12.0. The second kappa shape index (κ2) is 6.08. The molecule has 19 heavy (non-hydrogen) atoms. The molecule has 1 aromatic heterocycles. The zero-order valence-electron chi connectivity index (χ0n) is 10.6. The Morgan fingerprint density at radius 3 is 2.68 bits per heavy atom. The predicted molar refractivity (Wildman–Crippen MR) is 80.7 cm³/mol. The van der Waals surface area contributed by atoms with Crippen molar-refractivity contribution in [3.05, 3.63) is 50.7 Å². The summed E-state index contributed by atoms with van der Waals surface area (Å²) >= 11 is 7.59. The van der Waals surface area contributed by atoms with E-state index in [1.54, 1.807) is 29.5 Å². The van der Waals surface area contributed by atoms with Crippen LogP contribution in [0, 0.1) is 0 Å². The number of hydrogen-bond donors (Lipinski definition) is 2. The normalized spacial score (nSPS) is 10.4. The van der Waals surface area contributed by atoms with E-state index in [2.05, 4.69) is 18.3 Å². The number of anilines is 1. The number of aryl methyl sites for hydroxylation is 1. The topological polar surface area (TPSA) is 55.1 Å². The number of nitrogens with one attached hydrogen (secondary N) is 1. The molecule has 0 aliphatic heterocycles. The lowest BCUT2D eigenvalue weighted by Gasteiger charge is -2.05. The molecule has 0 radical (unpaired) electrons. The van der Waals surface area contributed by atoms with Gasteiger partial charge in [0, 0.05) is 26.0 Å². The molecule has 1 heterocycles. The molecule has 0 aliphatic carbocycles. The van der Waals surface area contributed by atoms with Crippen molar-refractivity contribution in [3.8, 4) is 0 Å². The van der Waals surface area contributed by atoms with E-state index in [9.17, 15) is 4.79 Å². The van der Waals surface area contributed by atoms with E-state index in [1.807, 2.05) is 6.07 Å². The number of nitrogen functional groups attached to an aromatic ring is 1. The summed E-state index contributed by atoms with van der Waals surface area (Å²) in [6.45, 7) is 2.64. The lowest BCUT2D eigenvalue weighted by Crippen LogP contribution is -2.22. The van der Waals surface area contributed by atoms with Crippen LogP contribution >= 0.6 is 22.9 Å². The fourth-order valence-corrected chi connectivity index (χ4v) is 2.86. The van der Waals surface area contributed by atoms with E-state index in [4.69, 9.17) is 17.3 Å².